The molecule has 0 saturated carbocycles. The Morgan fingerprint density at radius 2 is 1.92 bits per heavy atom. The molecule has 126 valence electrons. The molecule has 0 saturated heterocycles. The average Bonchev–Trinajstić information content (AvgIpc) is 2.58. The highest BCUT2D eigenvalue weighted by atomic mass is 35.5. The van der Waals surface area contributed by atoms with Crippen molar-refractivity contribution in [2.75, 3.05) is 14.2 Å². The SMILES string of the molecule is COc1cc(C=CC(=O)NCc2ccc(F)cc2)cc(Cl)c1OC. The Kier molecular flexibility index (Phi) is 6.21. The van der Waals surface area contributed by atoms with Crippen LogP contribution in [0.4, 0.5) is 4.39 Å². The largest absolute Gasteiger partial charge is 0.493 e. The first-order valence-corrected chi connectivity index (χ1v) is 7.53. The molecule has 0 unspecified atom stereocenters. The molecule has 2 rings (SSSR count). The number of ether oxygens (including phenoxy) is 2. The first-order chi connectivity index (χ1) is 11.5. The Morgan fingerprint density at radius 1 is 1.21 bits per heavy atom. The molecule has 1 N–H and O–H groups in total. The summed E-state index contributed by atoms with van der Waals surface area (Å²) in [6, 6.07) is 9.33. The predicted octanol–water partition coefficient (Wildman–Crippen LogP) is 3.83. The van der Waals surface area contributed by atoms with Gasteiger partial charge in [-0.15, -0.1) is 0 Å². The molecule has 0 aliphatic carbocycles. The maximum Gasteiger partial charge on any atom is 0.244 e. The van der Waals surface area contributed by atoms with Crippen LogP contribution in [0.25, 0.3) is 6.08 Å². The monoisotopic (exact) mass is 349 g/mol. The van der Waals surface area contributed by atoms with Gasteiger partial charge >= 0.3 is 0 Å². The molecule has 4 nitrogen and oxygen atoms in total. The van der Waals surface area contributed by atoms with Gasteiger partial charge in [0.2, 0.25) is 5.91 Å². The highest BCUT2D eigenvalue weighted by Gasteiger charge is 2.09. The number of halogens is 2. The van der Waals surface area contributed by atoms with Crippen molar-refractivity contribution in [3.63, 3.8) is 0 Å². The van der Waals surface area contributed by atoms with Crippen LogP contribution in [0.2, 0.25) is 5.02 Å². The van der Waals surface area contributed by atoms with Crippen molar-refractivity contribution < 1.29 is 18.7 Å². The number of amides is 1. The number of rotatable bonds is 6. The lowest BCUT2D eigenvalue weighted by atomic mass is 10.2. The summed E-state index contributed by atoms with van der Waals surface area (Å²) in [5.74, 6) is 0.342. The van der Waals surface area contributed by atoms with Crippen LogP contribution >= 0.6 is 11.6 Å². The molecular weight excluding hydrogens is 333 g/mol. The van der Waals surface area contributed by atoms with Gasteiger partial charge in [0.25, 0.3) is 0 Å². The van der Waals surface area contributed by atoms with E-state index in [0.29, 0.717) is 28.6 Å². The third-order valence-corrected chi connectivity index (χ3v) is 3.54. The second-order valence-corrected chi connectivity index (χ2v) is 5.32. The highest BCUT2D eigenvalue weighted by Crippen LogP contribution is 2.36. The summed E-state index contributed by atoms with van der Waals surface area (Å²) in [5.41, 5.74) is 1.52. The molecule has 0 heterocycles. The van der Waals surface area contributed by atoms with Crippen molar-refractivity contribution in [2.45, 2.75) is 6.54 Å². The first-order valence-electron chi connectivity index (χ1n) is 7.15. The van der Waals surface area contributed by atoms with Crippen LogP contribution in [0.3, 0.4) is 0 Å². The van der Waals surface area contributed by atoms with Crippen LogP contribution in [0.15, 0.2) is 42.5 Å². The minimum atomic E-state index is -0.310. The lowest BCUT2D eigenvalue weighted by Gasteiger charge is -2.10. The molecule has 2 aromatic rings. The van der Waals surface area contributed by atoms with Gasteiger partial charge in [-0.1, -0.05) is 23.7 Å². The van der Waals surface area contributed by atoms with E-state index in [1.54, 1.807) is 30.3 Å². The predicted molar refractivity (Wildman–Crippen MR) is 91.8 cm³/mol. The standard InChI is InChI=1S/C18H17ClFNO3/c1-23-16-10-13(9-15(19)18(16)24-2)5-8-17(22)21-11-12-3-6-14(20)7-4-12/h3-10H,11H2,1-2H3,(H,21,22). The topological polar surface area (TPSA) is 47.6 Å². The molecule has 2 aromatic carbocycles. The second-order valence-electron chi connectivity index (χ2n) is 4.92. The fourth-order valence-electron chi connectivity index (χ4n) is 2.06. The van der Waals surface area contributed by atoms with Gasteiger partial charge < -0.3 is 14.8 Å². The first kappa shape index (κ1) is 17.8. The number of nitrogens with one attached hydrogen (secondary N) is 1. The van der Waals surface area contributed by atoms with Crippen molar-refractivity contribution in [3.8, 4) is 11.5 Å². The number of hydrogen-bond donors (Lipinski definition) is 1. The van der Waals surface area contributed by atoms with Crippen molar-refractivity contribution in [1.29, 1.82) is 0 Å². The van der Waals surface area contributed by atoms with E-state index in [1.165, 1.54) is 32.4 Å². The smallest absolute Gasteiger partial charge is 0.244 e. The Labute approximate surface area is 144 Å². The van der Waals surface area contributed by atoms with Crippen LogP contribution in [0, 0.1) is 5.82 Å². The Hall–Kier alpha value is -2.53. The van der Waals surface area contributed by atoms with E-state index in [-0.39, 0.29) is 11.7 Å². The van der Waals surface area contributed by atoms with Crippen molar-refractivity contribution in [2.24, 2.45) is 0 Å². The number of carbonyl (C=O) groups excluding carboxylic acids is 1. The summed E-state index contributed by atoms with van der Waals surface area (Å²) in [7, 11) is 3.01. The van der Waals surface area contributed by atoms with Crippen LogP contribution in [-0.4, -0.2) is 20.1 Å². The minimum Gasteiger partial charge on any atom is -0.493 e. The van der Waals surface area contributed by atoms with Gasteiger partial charge in [-0.25, -0.2) is 4.39 Å². The summed E-state index contributed by atoms with van der Waals surface area (Å²) < 4.78 is 23.2. The van der Waals surface area contributed by atoms with Gasteiger partial charge in [0.15, 0.2) is 11.5 Å². The van der Waals surface area contributed by atoms with E-state index >= 15 is 0 Å². The van der Waals surface area contributed by atoms with Crippen molar-refractivity contribution in [1.82, 2.24) is 5.32 Å². The lowest BCUT2D eigenvalue weighted by molar-refractivity contribution is -0.116. The number of hydrogen-bond acceptors (Lipinski definition) is 3. The Bertz CT molecular complexity index is 745. The van der Waals surface area contributed by atoms with E-state index in [4.69, 9.17) is 21.1 Å². The minimum absolute atomic E-state index is 0.273. The maximum atomic E-state index is 12.8. The average molecular weight is 350 g/mol. The molecule has 0 atom stereocenters. The second kappa shape index (κ2) is 8.36. The van der Waals surface area contributed by atoms with Gasteiger partial charge in [0.05, 0.1) is 19.2 Å². The molecule has 0 aliphatic heterocycles. The van der Waals surface area contributed by atoms with Crippen LogP contribution < -0.4 is 14.8 Å². The lowest BCUT2D eigenvalue weighted by Crippen LogP contribution is -2.20. The van der Waals surface area contributed by atoms with Gasteiger partial charge in [-0.3, -0.25) is 4.79 Å². The summed E-state index contributed by atoms with van der Waals surface area (Å²) >= 11 is 6.11. The molecule has 1 amide bonds. The number of methoxy groups -OCH3 is 2. The van der Waals surface area contributed by atoms with Crippen LogP contribution in [0.5, 0.6) is 11.5 Å². The molecule has 0 aromatic heterocycles. The van der Waals surface area contributed by atoms with Gasteiger partial charge in [-0.05, 0) is 41.5 Å². The Morgan fingerprint density at radius 3 is 2.54 bits per heavy atom. The van der Waals surface area contributed by atoms with Crippen molar-refractivity contribution >= 4 is 23.6 Å². The van der Waals surface area contributed by atoms with Crippen LogP contribution in [-0.2, 0) is 11.3 Å². The Balaban J connectivity index is 2.00. The van der Waals surface area contributed by atoms with E-state index < -0.39 is 0 Å². The molecular formula is C18H17ClFNO3. The molecule has 6 heteroatoms. The van der Waals surface area contributed by atoms with E-state index in [2.05, 4.69) is 5.32 Å². The zero-order valence-corrected chi connectivity index (χ0v) is 14.1. The summed E-state index contributed by atoms with van der Waals surface area (Å²) in [4.78, 5) is 11.9. The normalized spacial score (nSPS) is 10.7. The van der Waals surface area contributed by atoms with E-state index in [9.17, 15) is 9.18 Å². The highest BCUT2D eigenvalue weighted by molar-refractivity contribution is 6.32. The zero-order chi connectivity index (χ0) is 17.5. The molecule has 0 aliphatic rings. The number of carbonyl (C=O) groups is 1. The van der Waals surface area contributed by atoms with Crippen LogP contribution in [0.1, 0.15) is 11.1 Å². The third kappa shape index (κ3) is 4.73. The summed E-state index contributed by atoms with van der Waals surface area (Å²) in [6.45, 7) is 0.316. The summed E-state index contributed by atoms with van der Waals surface area (Å²) in [5, 5.41) is 3.11. The third-order valence-electron chi connectivity index (χ3n) is 3.26. The van der Waals surface area contributed by atoms with Gasteiger partial charge in [0.1, 0.15) is 5.82 Å². The van der Waals surface area contributed by atoms with E-state index in [1.807, 2.05) is 0 Å². The van der Waals surface area contributed by atoms with Gasteiger partial charge in [-0.2, -0.15) is 0 Å². The van der Waals surface area contributed by atoms with Crippen molar-refractivity contribution in [3.05, 3.63) is 64.4 Å². The molecule has 0 bridgehead atoms. The molecule has 0 spiro atoms. The fraction of sp³-hybridized carbons (Fsp3) is 0.167. The molecule has 0 fully saturated rings. The summed E-state index contributed by atoms with van der Waals surface area (Å²) in [6.07, 6.45) is 3.01. The molecule has 0 radical (unpaired) electrons. The zero-order valence-electron chi connectivity index (χ0n) is 13.3. The fourth-order valence-corrected chi connectivity index (χ4v) is 2.35. The quantitative estimate of drug-likeness (QED) is 0.806. The molecule has 24 heavy (non-hydrogen) atoms. The van der Waals surface area contributed by atoms with E-state index in [0.717, 1.165) is 5.56 Å². The maximum absolute atomic E-state index is 12.8. The van der Waals surface area contributed by atoms with Gasteiger partial charge in [0, 0.05) is 12.6 Å². The number of benzene rings is 2.